The van der Waals surface area contributed by atoms with Crippen LogP contribution in [0.3, 0.4) is 0 Å². The first-order valence-electron chi connectivity index (χ1n) is 38.6. The van der Waals surface area contributed by atoms with Crippen LogP contribution in [0.25, 0.3) is 0 Å². The Hall–Kier alpha value is -3.70. The third kappa shape index (κ3) is 20.4. The summed E-state index contributed by atoms with van der Waals surface area (Å²) in [5, 5.41) is 0. The van der Waals surface area contributed by atoms with Gasteiger partial charge in [-0.15, -0.1) is 0 Å². The fourth-order valence-corrected chi connectivity index (χ4v) is 21.1. The molecule has 9 rings (SSSR count). The predicted octanol–water partition coefficient (Wildman–Crippen LogP) is 18.1. The summed E-state index contributed by atoms with van der Waals surface area (Å²) in [7, 11) is 0. The van der Waals surface area contributed by atoms with Crippen molar-refractivity contribution in [3.63, 3.8) is 0 Å². The maximum absolute atomic E-state index is 13.3. The predicted molar refractivity (Wildman–Crippen MR) is 357 cm³/mol. The van der Waals surface area contributed by atoms with Crippen LogP contribution in [0.1, 0.15) is 278 Å². The molecule has 0 amide bonds. The lowest BCUT2D eigenvalue weighted by Gasteiger charge is -2.44. The van der Waals surface area contributed by atoms with Crippen molar-refractivity contribution in [1.29, 1.82) is 0 Å². The number of unbranched alkanes of at least 4 members (excludes halogenated alkanes) is 14. The van der Waals surface area contributed by atoms with Gasteiger partial charge in [0.25, 0.3) is 0 Å². The van der Waals surface area contributed by atoms with Crippen molar-refractivity contribution in [3.8, 4) is 0 Å². The summed E-state index contributed by atoms with van der Waals surface area (Å²) < 4.78 is 34.8. The molecule has 0 spiro atoms. The molecule has 0 heterocycles. The summed E-state index contributed by atoms with van der Waals surface area (Å²) in [6, 6.07) is 0. The quantitative estimate of drug-likeness (QED) is 0.0248. The van der Waals surface area contributed by atoms with E-state index in [1.54, 1.807) is 6.92 Å². The third-order valence-corrected chi connectivity index (χ3v) is 25.9. The van der Waals surface area contributed by atoms with Crippen molar-refractivity contribution in [2.75, 3.05) is 39.6 Å². The highest BCUT2D eigenvalue weighted by Crippen LogP contribution is 2.64. The highest BCUT2D eigenvalue weighted by atomic mass is 16.6. The number of ether oxygens (including phenoxy) is 6. The minimum Gasteiger partial charge on any atom is -0.465 e. The topological polar surface area (TPSA) is 158 Å². The molecule has 9 saturated carbocycles. The van der Waals surface area contributed by atoms with Crippen molar-refractivity contribution in [3.05, 3.63) is 24.8 Å². The van der Waals surface area contributed by atoms with Crippen LogP contribution >= 0.6 is 0 Å². The van der Waals surface area contributed by atoms with Crippen LogP contribution in [0.4, 0.5) is 0 Å². The van der Waals surface area contributed by atoms with Gasteiger partial charge in [-0.05, 0) is 243 Å². The first-order valence-corrected chi connectivity index (χ1v) is 38.6. The average molecular weight is 1270 g/mol. The molecule has 0 radical (unpaired) electrons. The minimum absolute atomic E-state index is 0.0776. The number of hydrogen-bond acceptors (Lipinski definition) is 12. The van der Waals surface area contributed by atoms with E-state index in [1.807, 2.05) is 0 Å². The smallest absolute Gasteiger partial charge is 0.333 e. The number of rotatable bonds is 40. The molecule has 91 heavy (non-hydrogen) atoms. The molecule has 0 aliphatic heterocycles. The van der Waals surface area contributed by atoms with Gasteiger partial charge in [-0.2, -0.15) is 0 Å². The molecule has 0 saturated heterocycles. The molecule has 12 heteroatoms. The lowest BCUT2D eigenvalue weighted by Crippen LogP contribution is -2.35. The van der Waals surface area contributed by atoms with Gasteiger partial charge in [-0.3, -0.25) is 19.2 Å². The molecule has 0 N–H and O–H groups in total. The number of esters is 6. The third-order valence-electron chi connectivity index (χ3n) is 25.9. The van der Waals surface area contributed by atoms with Crippen LogP contribution in [-0.2, 0) is 57.2 Å². The van der Waals surface area contributed by atoms with E-state index in [4.69, 9.17) is 28.4 Å². The standard InChI is InChI=1S/C79H126O12/c1-6-9-11-13-14-20-26-57-30-29-56(25-19-12-10-7-2)66(27-21-15-17-23-39-86-76(82)58-31-35-60(36-32-58)78(84)90-51-64-45-62-47-70(64)72-43-54(41-68(62)72)49-88-74(80)8-3)67(57)28-22-16-18-24-40-87-77(83)59-33-37-61(38-34-59)79(85)91-52-65-46-63-48-71(65)73-44-55(42-69(63)73)50-89-75(81)53(4)5/h8,54-73H,3-4,6-7,9-52H2,1-2,5H3/t54?,55?,56?,57?,58?,59?,60?,61?,62-,63-,64?,65?,66?,67?,68?,69?,70?,71?,72?,73?/m1/s1. The molecule has 0 aromatic carbocycles. The van der Waals surface area contributed by atoms with Gasteiger partial charge in [0.2, 0.25) is 0 Å². The fourth-order valence-electron chi connectivity index (χ4n) is 21.1. The van der Waals surface area contributed by atoms with Crippen LogP contribution in [0, 0.1) is 118 Å². The van der Waals surface area contributed by atoms with E-state index in [-0.39, 0.29) is 59.5 Å². The van der Waals surface area contributed by atoms with Crippen LogP contribution in [0.15, 0.2) is 24.8 Å². The van der Waals surface area contributed by atoms with Crippen molar-refractivity contribution in [2.24, 2.45) is 118 Å². The SMILES string of the molecule is C=CC(=O)OCC1CC2C3C[C@@H](CC3COC(=O)C3CCC(C(=O)OCCCCCCC4C(CCCCCC)CCC(CCCCCCCC)C4CCCCCCOC(=O)C4CCC(C(=O)OCC5C[C@@H]6CC5C5CC(COC(=O)C(=C)C)CC56)CC4)CC3)C2C1. The molecule has 9 aliphatic rings. The van der Waals surface area contributed by atoms with Crippen molar-refractivity contribution >= 4 is 35.8 Å². The van der Waals surface area contributed by atoms with E-state index in [0.29, 0.717) is 156 Å². The van der Waals surface area contributed by atoms with Gasteiger partial charge in [0.1, 0.15) is 0 Å². The van der Waals surface area contributed by atoms with Gasteiger partial charge < -0.3 is 28.4 Å². The normalized spacial score (nSPS) is 34.5. The number of carbonyl (C=O) groups is 6. The van der Waals surface area contributed by atoms with Gasteiger partial charge in [0.15, 0.2) is 0 Å². The minimum atomic E-state index is -0.336. The Morgan fingerprint density at radius 1 is 0.363 bits per heavy atom. The lowest BCUT2D eigenvalue weighted by atomic mass is 9.61. The summed E-state index contributed by atoms with van der Waals surface area (Å²) in [4.78, 5) is 76.9. The van der Waals surface area contributed by atoms with E-state index in [1.165, 1.54) is 147 Å². The second-order valence-electron chi connectivity index (χ2n) is 31.8. The first-order chi connectivity index (χ1) is 44.3. The summed E-state index contributed by atoms with van der Waals surface area (Å²) in [5.74, 6) is 8.90. The monoisotopic (exact) mass is 1270 g/mol. The molecule has 0 aromatic heterocycles. The first kappa shape index (κ1) is 71.6. The summed E-state index contributed by atoms with van der Waals surface area (Å²) >= 11 is 0. The second kappa shape index (κ2) is 37.0. The van der Waals surface area contributed by atoms with Crippen LogP contribution in [0.2, 0.25) is 0 Å². The molecular formula is C79H126O12. The Morgan fingerprint density at radius 2 is 0.725 bits per heavy atom. The zero-order chi connectivity index (χ0) is 64.1. The molecule has 14 unspecified atom stereocenters. The van der Waals surface area contributed by atoms with Crippen molar-refractivity contribution < 1.29 is 57.2 Å². The van der Waals surface area contributed by atoms with Crippen LogP contribution in [0.5, 0.6) is 0 Å². The van der Waals surface area contributed by atoms with Gasteiger partial charge in [0, 0.05) is 11.6 Å². The van der Waals surface area contributed by atoms with E-state index < -0.39 is 0 Å². The Labute approximate surface area is 550 Å². The van der Waals surface area contributed by atoms with Gasteiger partial charge in [0.05, 0.1) is 63.3 Å². The Morgan fingerprint density at radius 3 is 1.14 bits per heavy atom. The second-order valence-corrected chi connectivity index (χ2v) is 31.8. The highest BCUT2D eigenvalue weighted by molar-refractivity contribution is 5.87. The molecule has 4 bridgehead atoms. The molecule has 0 aromatic rings. The van der Waals surface area contributed by atoms with E-state index in [2.05, 4.69) is 27.0 Å². The zero-order valence-corrected chi connectivity index (χ0v) is 57.5. The molecule has 12 nitrogen and oxygen atoms in total. The number of carbonyl (C=O) groups excluding carboxylic acids is 6. The fraction of sp³-hybridized carbons (Fsp3) is 0.873. The van der Waals surface area contributed by atoms with Gasteiger partial charge >= 0.3 is 35.8 Å². The number of fused-ring (bicyclic) bond motifs is 10. The van der Waals surface area contributed by atoms with E-state index in [9.17, 15) is 28.8 Å². The molecule has 16 atom stereocenters. The van der Waals surface area contributed by atoms with E-state index >= 15 is 0 Å². The maximum Gasteiger partial charge on any atom is 0.333 e. The van der Waals surface area contributed by atoms with Crippen LogP contribution < -0.4 is 0 Å². The van der Waals surface area contributed by atoms with Gasteiger partial charge in [-0.25, -0.2) is 9.59 Å². The zero-order valence-electron chi connectivity index (χ0n) is 57.5. The average Bonchev–Trinajstić information content (AvgIpc) is 1.62. The van der Waals surface area contributed by atoms with E-state index in [0.717, 1.165) is 99.7 Å². The largest absolute Gasteiger partial charge is 0.465 e. The highest BCUT2D eigenvalue weighted by Gasteiger charge is 2.57. The van der Waals surface area contributed by atoms with Crippen molar-refractivity contribution in [1.82, 2.24) is 0 Å². The Bertz CT molecular complexity index is 2300. The summed E-state index contributed by atoms with van der Waals surface area (Å²) in [5.41, 5.74) is 0.454. The van der Waals surface area contributed by atoms with Gasteiger partial charge in [-0.1, -0.05) is 143 Å². The Balaban J connectivity index is 0.637. The van der Waals surface area contributed by atoms with Crippen molar-refractivity contribution in [2.45, 2.75) is 278 Å². The lowest BCUT2D eigenvalue weighted by molar-refractivity contribution is -0.156. The summed E-state index contributed by atoms with van der Waals surface area (Å²) in [6.45, 7) is 16.6. The number of hydrogen-bond donors (Lipinski definition) is 0. The maximum atomic E-state index is 13.3. The summed E-state index contributed by atoms with van der Waals surface area (Å²) in [6.07, 6.45) is 46.6. The Kier molecular flexibility index (Phi) is 29.1. The molecule has 9 aliphatic carbocycles. The molecular weight excluding hydrogens is 1140 g/mol. The molecule has 514 valence electrons. The van der Waals surface area contributed by atoms with Crippen LogP contribution in [-0.4, -0.2) is 75.5 Å². The molecule has 9 fully saturated rings.